The summed E-state index contributed by atoms with van der Waals surface area (Å²) in [5.41, 5.74) is 1.95. The van der Waals surface area contributed by atoms with Gasteiger partial charge >= 0.3 is 0 Å². The minimum Gasteiger partial charge on any atom is -0.381 e. The molecule has 1 fully saturated rings. The first kappa shape index (κ1) is 13.1. The Hall–Kier alpha value is -2.54. The molecule has 0 radical (unpaired) electrons. The Balaban J connectivity index is 1.47. The van der Waals surface area contributed by atoms with Crippen LogP contribution in [0.1, 0.15) is 23.7 Å². The molecule has 0 aromatic carbocycles. The number of imidazole rings is 1. The molecule has 3 aromatic rings. The quantitative estimate of drug-likeness (QED) is 0.788. The number of hydrogen-bond donors (Lipinski definition) is 1. The lowest BCUT2D eigenvalue weighted by molar-refractivity contribution is 0.193. The second kappa shape index (κ2) is 5.69. The number of nitrogens with zero attached hydrogens (tertiary/aromatic N) is 5. The Morgan fingerprint density at radius 1 is 1.32 bits per heavy atom. The first-order valence-corrected chi connectivity index (χ1v) is 7.30. The van der Waals surface area contributed by atoms with E-state index in [0.29, 0.717) is 18.2 Å². The maximum absolute atomic E-state index is 5.41. The van der Waals surface area contributed by atoms with Gasteiger partial charge in [-0.3, -0.25) is 4.40 Å². The molecule has 0 aliphatic carbocycles. The fourth-order valence-electron chi connectivity index (χ4n) is 2.61. The van der Waals surface area contributed by atoms with E-state index in [9.17, 15) is 0 Å². The molecule has 0 spiro atoms. The Labute approximate surface area is 127 Å². The van der Waals surface area contributed by atoms with Crippen LogP contribution in [0.15, 0.2) is 37.1 Å². The molecule has 3 aromatic heterocycles. The topological polar surface area (TPSA) is 77.2 Å². The predicted octanol–water partition coefficient (Wildman–Crippen LogP) is 1.64. The molecular weight excluding hydrogens is 280 g/mol. The van der Waals surface area contributed by atoms with Crippen LogP contribution in [-0.4, -0.2) is 37.6 Å². The zero-order valence-corrected chi connectivity index (χ0v) is 12.0. The summed E-state index contributed by atoms with van der Waals surface area (Å²) in [6, 6.07) is 3.87. The van der Waals surface area contributed by atoms with Gasteiger partial charge in [-0.15, -0.1) is 0 Å². The van der Waals surface area contributed by atoms with E-state index < -0.39 is 0 Å². The highest BCUT2D eigenvalue weighted by molar-refractivity contribution is 5.37. The Bertz CT molecular complexity index is 747. The van der Waals surface area contributed by atoms with E-state index in [1.54, 1.807) is 12.5 Å². The zero-order chi connectivity index (χ0) is 14.8. The fraction of sp³-hybridized carbons (Fsp3) is 0.333. The summed E-state index contributed by atoms with van der Waals surface area (Å²) in [6.07, 6.45) is 8.25. The number of nitrogens with one attached hydrogen (secondary N) is 1. The second-order valence-corrected chi connectivity index (χ2v) is 5.30. The molecule has 4 rings (SSSR count). The van der Waals surface area contributed by atoms with Gasteiger partial charge in [0.1, 0.15) is 12.1 Å². The molecule has 0 saturated carbocycles. The van der Waals surface area contributed by atoms with Gasteiger partial charge in [0.15, 0.2) is 0 Å². The van der Waals surface area contributed by atoms with Gasteiger partial charge in [0.2, 0.25) is 5.78 Å². The Morgan fingerprint density at radius 3 is 3.18 bits per heavy atom. The van der Waals surface area contributed by atoms with Gasteiger partial charge in [0, 0.05) is 37.2 Å². The lowest BCUT2D eigenvalue weighted by atomic mass is 10.1. The smallest absolute Gasteiger partial charge is 0.233 e. The third kappa shape index (κ3) is 2.62. The maximum atomic E-state index is 5.41. The summed E-state index contributed by atoms with van der Waals surface area (Å²) in [5, 5.41) is 3.29. The van der Waals surface area contributed by atoms with Gasteiger partial charge in [-0.2, -0.15) is 0 Å². The molecule has 0 unspecified atom stereocenters. The number of rotatable bonds is 4. The van der Waals surface area contributed by atoms with Crippen molar-refractivity contribution in [3.8, 4) is 0 Å². The number of hydrogen-bond acceptors (Lipinski definition) is 6. The second-order valence-electron chi connectivity index (χ2n) is 5.30. The van der Waals surface area contributed by atoms with Crippen molar-refractivity contribution in [3.63, 3.8) is 0 Å². The van der Waals surface area contributed by atoms with Crippen molar-refractivity contribution < 1.29 is 4.74 Å². The van der Waals surface area contributed by atoms with E-state index in [-0.39, 0.29) is 0 Å². The number of fused-ring (bicyclic) bond motifs is 1. The van der Waals surface area contributed by atoms with Crippen molar-refractivity contribution >= 4 is 11.6 Å². The van der Waals surface area contributed by atoms with Gasteiger partial charge in [0.25, 0.3) is 0 Å². The van der Waals surface area contributed by atoms with E-state index in [0.717, 1.165) is 36.8 Å². The molecular formula is C15H16N6O. The molecule has 1 N–H and O–H groups in total. The molecule has 1 aliphatic heterocycles. The molecule has 1 saturated heterocycles. The maximum Gasteiger partial charge on any atom is 0.233 e. The summed E-state index contributed by atoms with van der Waals surface area (Å²) in [6.45, 7) is 2.15. The molecule has 112 valence electrons. The van der Waals surface area contributed by atoms with Crippen LogP contribution in [0.4, 0.5) is 5.82 Å². The van der Waals surface area contributed by atoms with Crippen LogP contribution in [0.25, 0.3) is 5.78 Å². The van der Waals surface area contributed by atoms with Gasteiger partial charge in [-0.25, -0.2) is 19.9 Å². The fourth-order valence-corrected chi connectivity index (χ4v) is 2.61. The molecule has 1 atom stereocenters. The van der Waals surface area contributed by atoms with E-state index >= 15 is 0 Å². The summed E-state index contributed by atoms with van der Waals surface area (Å²) in [7, 11) is 0. The highest BCUT2D eigenvalue weighted by atomic mass is 16.5. The third-order valence-electron chi connectivity index (χ3n) is 3.77. The van der Waals surface area contributed by atoms with E-state index in [1.807, 2.05) is 28.9 Å². The van der Waals surface area contributed by atoms with Crippen LogP contribution in [-0.2, 0) is 11.3 Å². The zero-order valence-electron chi connectivity index (χ0n) is 12.0. The monoisotopic (exact) mass is 296 g/mol. The normalized spacial score (nSPS) is 17.9. The van der Waals surface area contributed by atoms with Crippen molar-refractivity contribution in [1.29, 1.82) is 0 Å². The minimum atomic E-state index is 0.378. The summed E-state index contributed by atoms with van der Waals surface area (Å²) in [4.78, 5) is 17.3. The van der Waals surface area contributed by atoms with Crippen molar-refractivity contribution in [3.05, 3.63) is 48.4 Å². The van der Waals surface area contributed by atoms with Crippen molar-refractivity contribution in [2.75, 3.05) is 18.5 Å². The number of anilines is 1. The van der Waals surface area contributed by atoms with E-state index in [2.05, 4.69) is 25.3 Å². The van der Waals surface area contributed by atoms with Crippen molar-refractivity contribution in [2.45, 2.75) is 18.9 Å². The van der Waals surface area contributed by atoms with Crippen LogP contribution >= 0.6 is 0 Å². The van der Waals surface area contributed by atoms with Gasteiger partial charge < -0.3 is 10.1 Å². The van der Waals surface area contributed by atoms with E-state index in [4.69, 9.17) is 4.74 Å². The first-order chi connectivity index (χ1) is 10.9. The Kier molecular flexibility index (Phi) is 3.40. The lowest BCUT2D eigenvalue weighted by Gasteiger charge is -2.09. The molecule has 22 heavy (non-hydrogen) atoms. The largest absolute Gasteiger partial charge is 0.381 e. The minimum absolute atomic E-state index is 0.378. The van der Waals surface area contributed by atoms with Crippen molar-refractivity contribution in [2.24, 2.45) is 0 Å². The molecule has 7 nitrogen and oxygen atoms in total. The van der Waals surface area contributed by atoms with Crippen LogP contribution < -0.4 is 5.32 Å². The summed E-state index contributed by atoms with van der Waals surface area (Å²) in [5.74, 6) is 1.88. The first-order valence-electron chi connectivity index (χ1n) is 7.30. The van der Waals surface area contributed by atoms with Crippen LogP contribution in [0.3, 0.4) is 0 Å². The lowest BCUT2D eigenvalue weighted by Crippen LogP contribution is -2.06. The average molecular weight is 296 g/mol. The van der Waals surface area contributed by atoms with Gasteiger partial charge in [-0.05, 0) is 12.5 Å². The molecule has 7 heteroatoms. The molecule has 0 amide bonds. The van der Waals surface area contributed by atoms with Gasteiger partial charge in [-0.1, -0.05) is 0 Å². The number of aromatic nitrogens is 5. The van der Waals surface area contributed by atoms with Crippen molar-refractivity contribution in [1.82, 2.24) is 24.3 Å². The molecule has 0 bridgehead atoms. The van der Waals surface area contributed by atoms with Crippen LogP contribution in [0.5, 0.6) is 0 Å². The van der Waals surface area contributed by atoms with Gasteiger partial charge in [0.05, 0.1) is 24.5 Å². The van der Waals surface area contributed by atoms with E-state index in [1.165, 1.54) is 0 Å². The molecule has 1 aliphatic rings. The predicted molar refractivity (Wildman–Crippen MR) is 80.5 cm³/mol. The summed E-state index contributed by atoms with van der Waals surface area (Å²) < 4.78 is 7.31. The standard InChI is InChI=1S/C15H16N6O/c1-3-16-15-20-12(8-21(15)4-1)7-17-14-6-13(18-10-19-14)11-2-5-22-9-11/h1,3-4,6,8,10-11H,2,5,7,9H2,(H,17,18,19)/t11-/m0/s1. The summed E-state index contributed by atoms with van der Waals surface area (Å²) >= 11 is 0. The average Bonchev–Trinajstić information content (AvgIpc) is 3.22. The Morgan fingerprint density at radius 2 is 2.32 bits per heavy atom. The highest BCUT2D eigenvalue weighted by Gasteiger charge is 2.19. The van der Waals surface area contributed by atoms with Crippen LogP contribution in [0.2, 0.25) is 0 Å². The third-order valence-corrected chi connectivity index (χ3v) is 3.77. The number of ether oxygens (including phenoxy) is 1. The molecule has 4 heterocycles. The van der Waals surface area contributed by atoms with Crippen LogP contribution in [0, 0.1) is 0 Å². The SMILES string of the molecule is c1cnc2nc(CNc3cc([C@H]4CCOC4)ncn3)cn2c1. The highest BCUT2D eigenvalue weighted by Crippen LogP contribution is 2.24.